The van der Waals surface area contributed by atoms with Crippen molar-refractivity contribution in [3.05, 3.63) is 51.5 Å². The number of thiophene rings is 1. The van der Waals surface area contributed by atoms with E-state index < -0.39 is 0 Å². The molecule has 1 nitrogen and oxygen atoms in total. The average molecular weight is 282 g/mol. The number of anilines is 1. The fourth-order valence-electron chi connectivity index (χ4n) is 2.34. The van der Waals surface area contributed by atoms with Gasteiger partial charge in [-0.2, -0.15) is 0 Å². The van der Waals surface area contributed by atoms with E-state index in [9.17, 15) is 4.39 Å². The van der Waals surface area contributed by atoms with Gasteiger partial charge in [0.2, 0.25) is 0 Å². The summed E-state index contributed by atoms with van der Waals surface area (Å²) in [5, 5.41) is 2.11. The first kappa shape index (κ1) is 12.0. The van der Waals surface area contributed by atoms with E-state index in [4.69, 9.17) is 11.6 Å². The van der Waals surface area contributed by atoms with Gasteiger partial charge in [0.25, 0.3) is 0 Å². The van der Waals surface area contributed by atoms with E-state index in [-0.39, 0.29) is 5.82 Å². The molecule has 0 atom stereocenters. The second-order valence-corrected chi connectivity index (χ2v) is 5.73. The molecule has 2 aromatic rings. The minimum Gasteiger partial charge on any atom is -0.364 e. The number of fused-ring (bicyclic) bond motifs is 1. The third kappa shape index (κ3) is 2.13. The van der Waals surface area contributed by atoms with E-state index in [0.717, 1.165) is 25.1 Å². The summed E-state index contributed by atoms with van der Waals surface area (Å²) in [6, 6.07) is 7.40. The van der Waals surface area contributed by atoms with Gasteiger partial charge in [0, 0.05) is 23.8 Å². The van der Waals surface area contributed by atoms with Crippen LogP contribution < -0.4 is 4.90 Å². The standard InChI is InChI=1S/C14H13ClFNS/c15-8-10-1-2-13(12(16)7-10)17-5-3-14-11(9-17)4-6-18-14/h1-2,4,6-7H,3,5,8-9H2. The maximum absolute atomic E-state index is 14.0. The normalized spacial score (nSPS) is 14.7. The highest BCUT2D eigenvalue weighted by Crippen LogP contribution is 2.29. The van der Waals surface area contributed by atoms with Crippen LogP contribution in [0.25, 0.3) is 0 Å². The molecule has 0 N–H and O–H groups in total. The Kier molecular flexibility index (Phi) is 3.27. The van der Waals surface area contributed by atoms with Crippen LogP contribution in [-0.2, 0) is 18.8 Å². The SMILES string of the molecule is Fc1cc(CCl)ccc1N1CCc2sccc2C1. The lowest BCUT2D eigenvalue weighted by atomic mass is 10.1. The van der Waals surface area contributed by atoms with E-state index in [1.165, 1.54) is 16.5 Å². The summed E-state index contributed by atoms with van der Waals surface area (Å²) >= 11 is 7.51. The first-order valence-electron chi connectivity index (χ1n) is 5.92. The highest BCUT2D eigenvalue weighted by atomic mass is 35.5. The molecule has 0 fully saturated rings. The van der Waals surface area contributed by atoms with Crippen LogP contribution in [0.5, 0.6) is 0 Å². The third-order valence-electron chi connectivity index (χ3n) is 3.31. The monoisotopic (exact) mass is 281 g/mol. The quantitative estimate of drug-likeness (QED) is 0.746. The van der Waals surface area contributed by atoms with Crippen molar-refractivity contribution in [2.75, 3.05) is 11.4 Å². The van der Waals surface area contributed by atoms with E-state index >= 15 is 0 Å². The minimum atomic E-state index is -0.174. The number of nitrogens with zero attached hydrogens (tertiary/aromatic N) is 1. The molecule has 18 heavy (non-hydrogen) atoms. The molecule has 0 saturated heterocycles. The zero-order valence-corrected chi connectivity index (χ0v) is 11.4. The van der Waals surface area contributed by atoms with E-state index in [1.54, 1.807) is 11.3 Å². The number of halogens is 2. The van der Waals surface area contributed by atoms with Crippen LogP contribution in [0.15, 0.2) is 29.6 Å². The molecule has 0 saturated carbocycles. The third-order valence-corrected chi connectivity index (χ3v) is 4.65. The lowest BCUT2D eigenvalue weighted by Gasteiger charge is -2.29. The van der Waals surface area contributed by atoms with Gasteiger partial charge in [0.15, 0.2) is 0 Å². The second-order valence-electron chi connectivity index (χ2n) is 4.46. The molecule has 4 heteroatoms. The topological polar surface area (TPSA) is 3.24 Å². The Balaban J connectivity index is 1.88. The van der Waals surface area contributed by atoms with Crippen molar-refractivity contribution in [1.29, 1.82) is 0 Å². The van der Waals surface area contributed by atoms with Crippen molar-refractivity contribution < 1.29 is 4.39 Å². The summed E-state index contributed by atoms with van der Waals surface area (Å²) in [7, 11) is 0. The highest BCUT2D eigenvalue weighted by Gasteiger charge is 2.19. The van der Waals surface area contributed by atoms with Gasteiger partial charge in [0.05, 0.1) is 5.69 Å². The van der Waals surface area contributed by atoms with Gasteiger partial charge in [-0.25, -0.2) is 4.39 Å². The second kappa shape index (κ2) is 4.90. The van der Waals surface area contributed by atoms with E-state index in [2.05, 4.69) is 16.3 Å². The highest BCUT2D eigenvalue weighted by molar-refractivity contribution is 7.10. The number of rotatable bonds is 2. The summed E-state index contributed by atoms with van der Waals surface area (Å²) in [6.07, 6.45) is 1.00. The smallest absolute Gasteiger partial charge is 0.146 e. The van der Waals surface area contributed by atoms with Crippen LogP contribution in [0, 0.1) is 5.82 Å². The maximum atomic E-state index is 14.0. The summed E-state index contributed by atoms with van der Waals surface area (Å²) in [5.41, 5.74) is 2.83. The lowest BCUT2D eigenvalue weighted by Crippen LogP contribution is -2.30. The van der Waals surface area contributed by atoms with Crippen molar-refractivity contribution >= 4 is 28.6 Å². The van der Waals surface area contributed by atoms with Crippen molar-refractivity contribution in [1.82, 2.24) is 0 Å². The molecule has 0 amide bonds. The number of hydrogen-bond acceptors (Lipinski definition) is 2. The Morgan fingerprint density at radius 2 is 2.22 bits per heavy atom. The molecule has 2 heterocycles. The molecule has 3 rings (SSSR count). The Hall–Kier alpha value is -1.06. The summed E-state index contributed by atoms with van der Waals surface area (Å²) in [5.74, 6) is 0.179. The molecule has 0 bridgehead atoms. The number of hydrogen-bond donors (Lipinski definition) is 0. The maximum Gasteiger partial charge on any atom is 0.146 e. The molecule has 1 aliphatic heterocycles. The van der Waals surface area contributed by atoms with Gasteiger partial charge in [-0.1, -0.05) is 6.07 Å². The van der Waals surface area contributed by atoms with Crippen LogP contribution in [0.1, 0.15) is 16.0 Å². The van der Waals surface area contributed by atoms with E-state index in [1.807, 2.05) is 12.1 Å². The predicted octanol–water partition coefficient (Wildman–Crippen LogP) is 4.19. The summed E-state index contributed by atoms with van der Waals surface area (Å²) in [6.45, 7) is 1.68. The van der Waals surface area contributed by atoms with Crippen molar-refractivity contribution in [2.24, 2.45) is 0 Å². The summed E-state index contributed by atoms with van der Waals surface area (Å²) in [4.78, 5) is 3.53. The van der Waals surface area contributed by atoms with Crippen LogP contribution in [0.3, 0.4) is 0 Å². The minimum absolute atomic E-state index is 0.174. The van der Waals surface area contributed by atoms with Crippen molar-refractivity contribution in [3.63, 3.8) is 0 Å². The molecule has 0 unspecified atom stereocenters. The fourth-order valence-corrected chi connectivity index (χ4v) is 3.40. The molecular weight excluding hydrogens is 269 g/mol. The lowest BCUT2D eigenvalue weighted by molar-refractivity contribution is 0.610. The Bertz CT molecular complexity index is 567. The Labute approximate surface area is 115 Å². The molecular formula is C14H13ClFNS. The molecule has 0 spiro atoms. The molecule has 1 aromatic heterocycles. The fraction of sp³-hybridized carbons (Fsp3) is 0.286. The Morgan fingerprint density at radius 1 is 1.33 bits per heavy atom. The largest absolute Gasteiger partial charge is 0.364 e. The van der Waals surface area contributed by atoms with Crippen LogP contribution in [0.4, 0.5) is 10.1 Å². The van der Waals surface area contributed by atoms with Crippen LogP contribution in [-0.4, -0.2) is 6.54 Å². The first-order valence-corrected chi connectivity index (χ1v) is 7.34. The summed E-state index contributed by atoms with van der Waals surface area (Å²) < 4.78 is 14.0. The van der Waals surface area contributed by atoms with Gasteiger partial charge in [-0.3, -0.25) is 0 Å². The zero-order valence-electron chi connectivity index (χ0n) is 9.83. The van der Waals surface area contributed by atoms with E-state index in [0.29, 0.717) is 11.6 Å². The van der Waals surface area contributed by atoms with Gasteiger partial charge in [0.1, 0.15) is 5.82 Å². The van der Waals surface area contributed by atoms with Crippen molar-refractivity contribution in [2.45, 2.75) is 18.8 Å². The Morgan fingerprint density at radius 3 is 3.00 bits per heavy atom. The zero-order chi connectivity index (χ0) is 12.5. The number of alkyl halides is 1. The average Bonchev–Trinajstić information content (AvgIpc) is 2.85. The number of benzene rings is 1. The predicted molar refractivity (Wildman–Crippen MR) is 75.0 cm³/mol. The molecule has 1 aliphatic rings. The first-order chi connectivity index (χ1) is 8.78. The van der Waals surface area contributed by atoms with Crippen LogP contribution in [0.2, 0.25) is 0 Å². The molecule has 0 aliphatic carbocycles. The van der Waals surface area contributed by atoms with Gasteiger partial charge in [-0.15, -0.1) is 22.9 Å². The molecule has 0 radical (unpaired) electrons. The molecule has 1 aromatic carbocycles. The van der Waals surface area contributed by atoms with Gasteiger partial charge < -0.3 is 4.90 Å². The molecule has 94 valence electrons. The van der Waals surface area contributed by atoms with Gasteiger partial charge in [-0.05, 0) is 41.1 Å². The van der Waals surface area contributed by atoms with Gasteiger partial charge >= 0.3 is 0 Å². The van der Waals surface area contributed by atoms with Crippen molar-refractivity contribution in [3.8, 4) is 0 Å². The van der Waals surface area contributed by atoms with Crippen LogP contribution >= 0.6 is 22.9 Å².